The monoisotopic (exact) mass is 625 g/mol. The fourth-order valence-corrected chi connectivity index (χ4v) is 5.80. The molecule has 3 rings (SSSR count). The molecular weight excluding hydrogens is 601 g/mol. The number of hydrogen-bond donors (Lipinski definition) is 1. The number of benzene rings is 3. The van der Waals surface area contributed by atoms with Crippen molar-refractivity contribution in [3.8, 4) is 0 Å². The van der Waals surface area contributed by atoms with E-state index in [9.17, 15) is 18.0 Å². The van der Waals surface area contributed by atoms with Crippen LogP contribution in [0.5, 0.6) is 0 Å². The summed E-state index contributed by atoms with van der Waals surface area (Å²) in [6.45, 7) is 1.29. The average Bonchev–Trinajstić information content (AvgIpc) is 2.89. The molecule has 1 atom stereocenters. The normalized spacial score (nSPS) is 12.0. The van der Waals surface area contributed by atoms with E-state index in [2.05, 4.69) is 21.2 Å². The van der Waals surface area contributed by atoms with Gasteiger partial charge in [-0.25, -0.2) is 8.42 Å². The molecule has 0 aliphatic rings. The summed E-state index contributed by atoms with van der Waals surface area (Å²) in [6, 6.07) is 18.6. The van der Waals surface area contributed by atoms with E-state index in [1.165, 1.54) is 24.1 Å². The third-order valence-electron chi connectivity index (χ3n) is 5.69. The maximum atomic E-state index is 13.8. The molecule has 0 saturated carbocycles. The Bertz CT molecular complexity index is 1360. The standard InChI is InChI=1S/C26H26BrCl2N3O4S/c1-3-24(26(34)30-2)31(16-18-9-14-22(28)23(29)15-18)25(33)17-32(20-12-10-19(27)11-13-20)37(35,36)21-7-5-4-6-8-21/h4-15,24H,3,16-17H2,1-2H3,(H,30,34)/t24-/m0/s1. The highest BCUT2D eigenvalue weighted by atomic mass is 79.9. The number of carbonyl (C=O) groups is 2. The zero-order valence-corrected chi connectivity index (χ0v) is 24.1. The van der Waals surface area contributed by atoms with Gasteiger partial charge in [0.15, 0.2) is 0 Å². The first-order valence-electron chi connectivity index (χ1n) is 11.4. The first kappa shape index (κ1) is 29.0. The van der Waals surface area contributed by atoms with Gasteiger partial charge in [0.2, 0.25) is 11.8 Å². The Labute approximate surface area is 235 Å². The summed E-state index contributed by atoms with van der Waals surface area (Å²) in [5.74, 6) is -0.916. The SMILES string of the molecule is CC[C@@H](C(=O)NC)N(Cc1ccc(Cl)c(Cl)c1)C(=O)CN(c1ccc(Br)cc1)S(=O)(=O)c1ccccc1. The highest BCUT2D eigenvalue weighted by molar-refractivity contribution is 9.10. The molecule has 0 saturated heterocycles. The first-order valence-corrected chi connectivity index (χ1v) is 14.4. The van der Waals surface area contributed by atoms with Gasteiger partial charge in [-0.15, -0.1) is 0 Å². The van der Waals surface area contributed by atoms with Crippen molar-refractivity contribution in [3.63, 3.8) is 0 Å². The summed E-state index contributed by atoms with van der Waals surface area (Å²) in [6.07, 6.45) is 0.316. The molecule has 0 radical (unpaired) electrons. The molecule has 11 heteroatoms. The van der Waals surface area contributed by atoms with Crippen LogP contribution in [0.15, 0.2) is 82.2 Å². The first-order chi connectivity index (χ1) is 17.6. The van der Waals surface area contributed by atoms with Gasteiger partial charge in [-0.05, 0) is 60.5 Å². The summed E-state index contributed by atoms with van der Waals surface area (Å²) < 4.78 is 29.2. The molecule has 3 aromatic carbocycles. The molecule has 0 aliphatic heterocycles. The van der Waals surface area contributed by atoms with Crippen LogP contribution in [0, 0.1) is 0 Å². The number of anilines is 1. The van der Waals surface area contributed by atoms with Gasteiger partial charge in [0.05, 0.1) is 20.6 Å². The van der Waals surface area contributed by atoms with Gasteiger partial charge < -0.3 is 10.2 Å². The Morgan fingerprint density at radius 1 is 0.973 bits per heavy atom. The van der Waals surface area contributed by atoms with Crippen molar-refractivity contribution in [3.05, 3.63) is 92.9 Å². The zero-order chi connectivity index (χ0) is 27.2. The van der Waals surface area contributed by atoms with E-state index in [0.29, 0.717) is 27.7 Å². The number of nitrogens with one attached hydrogen (secondary N) is 1. The van der Waals surface area contributed by atoms with Crippen molar-refractivity contribution in [2.75, 3.05) is 17.9 Å². The minimum Gasteiger partial charge on any atom is -0.357 e. The van der Waals surface area contributed by atoms with Gasteiger partial charge in [0, 0.05) is 18.1 Å². The minimum absolute atomic E-state index is 0.0290. The van der Waals surface area contributed by atoms with E-state index in [-0.39, 0.29) is 17.3 Å². The number of hydrogen-bond acceptors (Lipinski definition) is 4. The van der Waals surface area contributed by atoms with Gasteiger partial charge in [-0.2, -0.15) is 0 Å². The highest BCUT2D eigenvalue weighted by Gasteiger charge is 2.33. The van der Waals surface area contributed by atoms with Gasteiger partial charge in [-0.3, -0.25) is 13.9 Å². The number of halogens is 3. The maximum absolute atomic E-state index is 13.8. The summed E-state index contributed by atoms with van der Waals surface area (Å²) >= 11 is 15.6. The van der Waals surface area contributed by atoms with Gasteiger partial charge >= 0.3 is 0 Å². The van der Waals surface area contributed by atoms with Crippen molar-refractivity contribution in [2.24, 2.45) is 0 Å². The lowest BCUT2D eigenvalue weighted by atomic mass is 10.1. The second-order valence-corrected chi connectivity index (χ2v) is 11.7. The number of rotatable bonds is 10. The smallest absolute Gasteiger partial charge is 0.264 e. The number of likely N-dealkylation sites (N-methyl/N-ethyl adjacent to an activating group) is 1. The quantitative estimate of drug-likeness (QED) is 0.322. The van der Waals surface area contributed by atoms with E-state index >= 15 is 0 Å². The Balaban J connectivity index is 2.05. The fourth-order valence-electron chi connectivity index (χ4n) is 3.78. The molecule has 37 heavy (non-hydrogen) atoms. The molecule has 3 aromatic rings. The second-order valence-electron chi connectivity index (χ2n) is 8.11. The van der Waals surface area contributed by atoms with Crippen molar-refractivity contribution in [2.45, 2.75) is 30.8 Å². The van der Waals surface area contributed by atoms with Gasteiger partial charge in [0.1, 0.15) is 12.6 Å². The molecular formula is C26H26BrCl2N3O4S. The van der Waals surface area contributed by atoms with Crippen LogP contribution in [0.1, 0.15) is 18.9 Å². The van der Waals surface area contributed by atoms with Crippen LogP contribution in [0.25, 0.3) is 0 Å². The average molecular weight is 627 g/mol. The summed E-state index contributed by atoms with van der Waals surface area (Å²) in [5, 5.41) is 3.25. The Morgan fingerprint density at radius 3 is 2.19 bits per heavy atom. The molecule has 0 fully saturated rings. The number of amides is 2. The van der Waals surface area contributed by atoms with Crippen molar-refractivity contribution in [1.82, 2.24) is 10.2 Å². The predicted molar refractivity (Wildman–Crippen MR) is 150 cm³/mol. The van der Waals surface area contributed by atoms with Gasteiger partial charge in [0.25, 0.3) is 10.0 Å². The third kappa shape index (κ3) is 7.04. The minimum atomic E-state index is -4.11. The molecule has 0 bridgehead atoms. The zero-order valence-electron chi connectivity index (χ0n) is 20.2. The molecule has 0 aromatic heterocycles. The van der Waals surface area contributed by atoms with E-state index in [4.69, 9.17) is 23.2 Å². The highest BCUT2D eigenvalue weighted by Crippen LogP contribution is 2.27. The number of sulfonamides is 1. The molecule has 2 amide bonds. The topological polar surface area (TPSA) is 86.8 Å². The Kier molecular flexibility index (Phi) is 10.0. The lowest BCUT2D eigenvalue weighted by Crippen LogP contribution is -2.51. The third-order valence-corrected chi connectivity index (χ3v) is 8.75. The van der Waals surface area contributed by atoms with E-state index in [1.54, 1.807) is 67.6 Å². The summed E-state index contributed by atoms with van der Waals surface area (Å²) in [7, 11) is -2.62. The molecule has 0 heterocycles. The predicted octanol–water partition coefficient (Wildman–Crippen LogP) is 5.50. The Morgan fingerprint density at radius 2 is 1.62 bits per heavy atom. The maximum Gasteiger partial charge on any atom is 0.264 e. The number of carbonyl (C=O) groups excluding carboxylic acids is 2. The van der Waals surface area contributed by atoms with E-state index in [0.717, 1.165) is 8.78 Å². The molecule has 196 valence electrons. The second kappa shape index (κ2) is 12.8. The lowest BCUT2D eigenvalue weighted by Gasteiger charge is -2.33. The largest absolute Gasteiger partial charge is 0.357 e. The molecule has 0 aliphatic carbocycles. The van der Waals surface area contributed by atoms with Crippen LogP contribution in [0.2, 0.25) is 10.0 Å². The van der Waals surface area contributed by atoms with Crippen molar-refractivity contribution >= 4 is 66.7 Å². The van der Waals surface area contributed by atoms with Crippen LogP contribution >= 0.6 is 39.1 Å². The van der Waals surface area contributed by atoms with Crippen LogP contribution in [0.3, 0.4) is 0 Å². The fraction of sp³-hybridized carbons (Fsp3) is 0.231. The lowest BCUT2D eigenvalue weighted by molar-refractivity contribution is -0.140. The molecule has 7 nitrogen and oxygen atoms in total. The van der Waals surface area contributed by atoms with Gasteiger partial charge in [-0.1, -0.05) is 70.3 Å². The van der Waals surface area contributed by atoms with Crippen LogP contribution in [-0.2, 0) is 26.2 Å². The molecule has 0 spiro atoms. The van der Waals surface area contributed by atoms with Crippen LogP contribution < -0.4 is 9.62 Å². The summed E-state index contributed by atoms with van der Waals surface area (Å²) in [5.41, 5.74) is 0.953. The van der Waals surface area contributed by atoms with Crippen LogP contribution in [0.4, 0.5) is 5.69 Å². The Hall–Kier alpha value is -2.59. The van der Waals surface area contributed by atoms with E-state index in [1.807, 2.05) is 0 Å². The summed E-state index contributed by atoms with van der Waals surface area (Å²) in [4.78, 5) is 28.0. The van der Waals surface area contributed by atoms with Crippen molar-refractivity contribution < 1.29 is 18.0 Å². The van der Waals surface area contributed by atoms with Crippen molar-refractivity contribution in [1.29, 1.82) is 0 Å². The molecule has 0 unspecified atom stereocenters. The number of nitrogens with zero attached hydrogens (tertiary/aromatic N) is 2. The van der Waals surface area contributed by atoms with E-state index < -0.39 is 28.5 Å². The van der Waals surface area contributed by atoms with Crippen LogP contribution in [-0.4, -0.2) is 44.8 Å². The molecule has 1 N–H and O–H groups in total.